The number of hydrogen-bond donors (Lipinski definition) is 1. The van der Waals surface area contributed by atoms with Crippen LogP contribution in [0.3, 0.4) is 0 Å². The van der Waals surface area contributed by atoms with Gasteiger partial charge in [0.25, 0.3) is 0 Å². The molecular weight excluding hydrogens is 371 g/mol. The van der Waals surface area contributed by atoms with E-state index in [1.54, 1.807) is 0 Å². The molecule has 0 amide bonds. The van der Waals surface area contributed by atoms with Gasteiger partial charge in [0.1, 0.15) is 12.4 Å². The molecule has 144 valence electrons. The second-order valence-electron chi connectivity index (χ2n) is 6.05. The summed E-state index contributed by atoms with van der Waals surface area (Å²) in [5, 5.41) is 3.51. The maximum Gasteiger partial charge on any atom is 0.120 e. The van der Waals surface area contributed by atoms with E-state index >= 15 is 0 Å². The molecule has 0 atom stereocenters. The number of hydrogen-bond acceptors (Lipinski definition) is 4. The van der Waals surface area contributed by atoms with Crippen LogP contribution in [-0.2, 0) is 17.9 Å². The molecular formula is C20H28Cl2N2O2. The lowest BCUT2D eigenvalue weighted by Gasteiger charge is -2.26. The molecule has 0 radical (unpaired) electrons. The van der Waals surface area contributed by atoms with E-state index in [1.807, 2.05) is 24.3 Å². The predicted molar refractivity (Wildman–Crippen MR) is 111 cm³/mol. The fourth-order valence-corrected chi connectivity index (χ4v) is 2.78. The summed E-state index contributed by atoms with van der Waals surface area (Å²) in [6.45, 7) is 7.36. The van der Waals surface area contributed by atoms with Crippen molar-refractivity contribution in [1.82, 2.24) is 10.2 Å². The van der Waals surface area contributed by atoms with Gasteiger partial charge in [-0.05, 0) is 23.3 Å². The molecule has 0 aliphatic carbocycles. The van der Waals surface area contributed by atoms with Crippen LogP contribution in [0.5, 0.6) is 5.75 Å². The van der Waals surface area contributed by atoms with Crippen molar-refractivity contribution in [3.8, 4) is 5.75 Å². The highest BCUT2D eigenvalue weighted by Gasteiger charge is 2.08. The number of benzene rings is 2. The van der Waals surface area contributed by atoms with Crippen LogP contribution in [0.4, 0.5) is 0 Å². The van der Waals surface area contributed by atoms with Crippen LogP contribution >= 0.6 is 24.8 Å². The molecule has 0 spiro atoms. The van der Waals surface area contributed by atoms with Crippen molar-refractivity contribution in [3.05, 3.63) is 65.7 Å². The summed E-state index contributed by atoms with van der Waals surface area (Å²) in [7, 11) is 0. The van der Waals surface area contributed by atoms with Gasteiger partial charge in [-0.15, -0.1) is 24.8 Å². The van der Waals surface area contributed by atoms with Crippen LogP contribution in [0, 0.1) is 0 Å². The molecule has 6 heteroatoms. The minimum absolute atomic E-state index is 0. The van der Waals surface area contributed by atoms with Crippen LogP contribution in [0.15, 0.2) is 54.6 Å². The molecule has 4 nitrogen and oxygen atoms in total. The smallest absolute Gasteiger partial charge is 0.120 e. The molecule has 1 saturated heterocycles. The van der Waals surface area contributed by atoms with Gasteiger partial charge in [0.2, 0.25) is 0 Å². The zero-order chi connectivity index (χ0) is 16.5. The first-order chi connectivity index (χ1) is 11.9. The molecule has 1 heterocycles. The van der Waals surface area contributed by atoms with Crippen molar-refractivity contribution in [1.29, 1.82) is 0 Å². The summed E-state index contributed by atoms with van der Waals surface area (Å²) < 4.78 is 11.3. The fourth-order valence-electron chi connectivity index (χ4n) is 2.78. The first-order valence-electron chi connectivity index (χ1n) is 8.67. The van der Waals surface area contributed by atoms with E-state index in [4.69, 9.17) is 9.47 Å². The van der Waals surface area contributed by atoms with Crippen molar-refractivity contribution in [2.45, 2.75) is 13.2 Å². The van der Waals surface area contributed by atoms with Crippen molar-refractivity contribution in [2.24, 2.45) is 0 Å². The maximum atomic E-state index is 5.88. The highest BCUT2D eigenvalue weighted by molar-refractivity contribution is 5.85. The lowest BCUT2D eigenvalue weighted by Crippen LogP contribution is -2.40. The first-order valence-corrected chi connectivity index (χ1v) is 8.67. The lowest BCUT2D eigenvalue weighted by atomic mass is 10.2. The third-order valence-corrected chi connectivity index (χ3v) is 4.18. The third kappa shape index (κ3) is 7.94. The summed E-state index contributed by atoms with van der Waals surface area (Å²) in [5.74, 6) is 0.923. The normalized spacial score (nSPS) is 14.2. The summed E-state index contributed by atoms with van der Waals surface area (Å²) in [5.41, 5.74) is 2.44. The maximum absolute atomic E-state index is 5.88. The van der Waals surface area contributed by atoms with Gasteiger partial charge >= 0.3 is 0 Å². The van der Waals surface area contributed by atoms with Gasteiger partial charge in [-0.1, -0.05) is 42.5 Å². The molecule has 2 aromatic rings. The molecule has 0 unspecified atom stereocenters. The largest absolute Gasteiger partial charge is 0.489 e. The predicted octanol–water partition coefficient (Wildman–Crippen LogP) is 3.53. The SMILES string of the molecule is Cl.Cl.c1ccc(COc2cccc(CNCCN3CCOCC3)c2)cc1. The molecule has 0 saturated carbocycles. The van der Waals surface area contributed by atoms with Gasteiger partial charge in [0.15, 0.2) is 0 Å². The zero-order valence-electron chi connectivity index (χ0n) is 14.9. The highest BCUT2D eigenvalue weighted by atomic mass is 35.5. The molecule has 3 rings (SSSR count). The van der Waals surface area contributed by atoms with Crippen molar-refractivity contribution in [2.75, 3.05) is 39.4 Å². The topological polar surface area (TPSA) is 33.7 Å². The van der Waals surface area contributed by atoms with Gasteiger partial charge in [0.05, 0.1) is 13.2 Å². The van der Waals surface area contributed by atoms with E-state index in [-0.39, 0.29) is 24.8 Å². The average molecular weight is 399 g/mol. The number of nitrogens with zero attached hydrogens (tertiary/aromatic N) is 1. The second-order valence-corrected chi connectivity index (χ2v) is 6.05. The fraction of sp³-hybridized carbons (Fsp3) is 0.400. The Bertz CT molecular complexity index is 608. The Hall–Kier alpha value is -1.30. The Morgan fingerprint density at radius 3 is 2.42 bits per heavy atom. The standard InChI is InChI=1S/C20H26N2O2.2ClH/c1-2-5-18(6-3-1)17-24-20-8-4-7-19(15-20)16-21-9-10-22-11-13-23-14-12-22;;/h1-8,15,21H,9-14,16-17H2;2*1H. The number of ether oxygens (including phenoxy) is 2. The van der Waals surface area contributed by atoms with Gasteiger partial charge < -0.3 is 14.8 Å². The molecule has 1 fully saturated rings. The van der Waals surface area contributed by atoms with Crippen LogP contribution in [0.25, 0.3) is 0 Å². The van der Waals surface area contributed by atoms with Gasteiger partial charge in [-0.25, -0.2) is 0 Å². The number of rotatable bonds is 8. The average Bonchev–Trinajstić information content (AvgIpc) is 2.66. The zero-order valence-corrected chi connectivity index (χ0v) is 16.6. The van der Waals surface area contributed by atoms with Gasteiger partial charge in [0, 0.05) is 32.7 Å². The Balaban J connectivity index is 0.00000169. The van der Waals surface area contributed by atoms with Crippen molar-refractivity contribution < 1.29 is 9.47 Å². The van der Waals surface area contributed by atoms with E-state index in [0.717, 1.165) is 51.7 Å². The Labute approximate surface area is 168 Å². The quantitative estimate of drug-likeness (QED) is 0.689. The van der Waals surface area contributed by atoms with E-state index in [9.17, 15) is 0 Å². The molecule has 1 aliphatic heterocycles. The third-order valence-electron chi connectivity index (χ3n) is 4.18. The molecule has 2 aromatic carbocycles. The Morgan fingerprint density at radius 2 is 1.65 bits per heavy atom. The number of nitrogens with one attached hydrogen (secondary N) is 1. The van der Waals surface area contributed by atoms with Crippen LogP contribution in [0.2, 0.25) is 0 Å². The van der Waals surface area contributed by atoms with Gasteiger partial charge in [-0.2, -0.15) is 0 Å². The Morgan fingerprint density at radius 1 is 0.923 bits per heavy atom. The lowest BCUT2D eigenvalue weighted by molar-refractivity contribution is 0.0384. The van der Waals surface area contributed by atoms with Gasteiger partial charge in [-0.3, -0.25) is 4.90 Å². The first kappa shape index (κ1) is 22.7. The molecule has 26 heavy (non-hydrogen) atoms. The van der Waals surface area contributed by atoms with Crippen LogP contribution in [-0.4, -0.2) is 44.3 Å². The second kappa shape index (κ2) is 13.0. The minimum atomic E-state index is 0. The molecule has 0 aromatic heterocycles. The van der Waals surface area contributed by atoms with Crippen LogP contribution in [0.1, 0.15) is 11.1 Å². The van der Waals surface area contributed by atoms with Crippen molar-refractivity contribution in [3.63, 3.8) is 0 Å². The van der Waals surface area contributed by atoms with E-state index < -0.39 is 0 Å². The molecule has 0 bridgehead atoms. The van der Waals surface area contributed by atoms with E-state index in [2.05, 4.69) is 40.5 Å². The summed E-state index contributed by atoms with van der Waals surface area (Å²) >= 11 is 0. The summed E-state index contributed by atoms with van der Waals surface area (Å²) in [4.78, 5) is 2.44. The molecule has 1 N–H and O–H groups in total. The van der Waals surface area contributed by atoms with E-state index in [0.29, 0.717) is 6.61 Å². The van der Waals surface area contributed by atoms with Crippen molar-refractivity contribution >= 4 is 24.8 Å². The highest BCUT2D eigenvalue weighted by Crippen LogP contribution is 2.15. The van der Waals surface area contributed by atoms with E-state index in [1.165, 1.54) is 11.1 Å². The van der Waals surface area contributed by atoms with Crippen LogP contribution < -0.4 is 10.1 Å². The Kier molecular flexibility index (Phi) is 11.3. The summed E-state index contributed by atoms with van der Waals surface area (Å²) in [6.07, 6.45) is 0. The molecule has 1 aliphatic rings. The number of morpholine rings is 1. The number of halogens is 2. The minimum Gasteiger partial charge on any atom is -0.489 e. The monoisotopic (exact) mass is 398 g/mol. The summed E-state index contributed by atoms with van der Waals surface area (Å²) in [6, 6.07) is 18.6.